The summed E-state index contributed by atoms with van der Waals surface area (Å²) in [6.07, 6.45) is 3.37. The second-order valence-corrected chi connectivity index (χ2v) is 4.72. The molecule has 0 bridgehead atoms. The van der Waals surface area contributed by atoms with Gasteiger partial charge in [-0.3, -0.25) is 9.78 Å². The maximum absolute atomic E-state index is 12.3. The highest BCUT2D eigenvalue weighted by atomic mass is 16.5. The van der Waals surface area contributed by atoms with Crippen LogP contribution < -0.4 is 14.2 Å². The Hall–Kier alpha value is -2.56. The van der Waals surface area contributed by atoms with Crippen LogP contribution in [0.2, 0.25) is 0 Å². The molecule has 0 saturated carbocycles. The average molecular weight is 285 g/mol. The van der Waals surface area contributed by atoms with Gasteiger partial charge in [0.25, 0.3) is 0 Å². The van der Waals surface area contributed by atoms with Crippen LogP contribution in [0, 0.1) is 0 Å². The van der Waals surface area contributed by atoms with Gasteiger partial charge in [0.2, 0.25) is 0 Å². The van der Waals surface area contributed by atoms with Gasteiger partial charge in [0, 0.05) is 18.5 Å². The lowest BCUT2D eigenvalue weighted by atomic mass is 9.96. The van der Waals surface area contributed by atoms with Crippen LogP contribution in [0.5, 0.6) is 17.2 Å². The van der Waals surface area contributed by atoms with E-state index in [0.717, 1.165) is 5.56 Å². The smallest absolute Gasteiger partial charge is 0.170 e. The Balaban J connectivity index is 2.00. The molecule has 1 aromatic heterocycles. The molecule has 0 spiro atoms. The number of carbonyl (C=O) groups is 1. The highest BCUT2D eigenvalue weighted by Crippen LogP contribution is 2.41. The van der Waals surface area contributed by atoms with Gasteiger partial charge in [0.1, 0.15) is 11.9 Å². The molecule has 21 heavy (non-hydrogen) atoms. The molecule has 1 aliphatic heterocycles. The molecule has 108 valence electrons. The third kappa shape index (κ3) is 2.42. The number of carbonyl (C=O) groups excluding carboxylic acids is 1. The Labute approximate surface area is 122 Å². The van der Waals surface area contributed by atoms with E-state index in [-0.39, 0.29) is 11.9 Å². The third-order valence-corrected chi connectivity index (χ3v) is 3.50. The molecule has 1 aliphatic rings. The molecule has 5 heteroatoms. The fraction of sp³-hybridized carbons (Fsp3) is 0.250. The predicted octanol–water partition coefficient (Wildman–Crippen LogP) is 2.81. The number of rotatable bonds is 3. The summed E-state index contributed by atoms with van der Waals surface area (Å²) in [5.74, 6) is 1.61. The molecule has 0 amide bonds. The van der Waals surface area contributed by atoms with Gasteiger partial charge in [-0.25, -0.2) is 0 Å². The molecule has 0 radical (unpaired) electrons. The van der Waals surface area contributed by atoms with Crippen molar-refractivity contribution in [3.63, 3.8) is 0 Å². The minimum Gasteiger partial charge on any atom is -0.493 e. The number of hydrogen-bond donors (Lipinski definition) is 0. The summed E-state index contributed by atoms with van der Waals surface area (Å²) in [6, 6.07) is 7.06. The highest BCUT2D eigenvalue weighted by molar-refractivity contribution is 6.00. The monoisotopic (exact) mass is 285 g/mol. The first kappa shape index (κ1) is 13.4. The zero-order valence-electron chi connectivity index (χ0n) is 11.8. The van der Waals surface area contributed by atoms with Gasteiger partial charge in [-0.2, -0.15) is 0 Å². The second kappa shape index (κ2) is 5.44. The number of ketones is 1. The first-order valence-corrected chi connectivity index (χ1v) is 6.58. The largest absolute Gasteiger partial charge is 0.493 e. The summed E-state index contributed by atoms with van der Waals surface area (Å²) < 4.78 is 16.4. The SMILES string of the molecule is COc1cc2c(cc1OC)C(=O)CC(c1ccncc1)O2. The topological polar surface area (TPSA) is 57.7 Å². The van der Waals surface area contributed by atoms with Crippen LogP contribution >= 0.6 is 0 Å². The van der Waals surface area contributed by atoms with Gasteiger partial charge in [0.05, 0.1) is 26.2 Å². The molecular weight excluding hydrogens is 270 g/mol. The van der Waals surface area contributed by atoms with Crippen molar-refractivity contribution in [1.29, 1.82) is 0 Å². The van der Waals surface area contributed by atoms with Crippen molar-refractivity contribution in [2.75, 3.05) is 14.2 Å². The number of ether oxygens (including phenoxy) is 3. The quantitative estimate of drug-likeness (QED) is 0.868. The van der Waals surface area contributed by atoms with Crippen LogP contribution in [0.3, 0.4) is 0 Å². The molecule has 1 atom stereocenters. The van der Waals surface area contributed by atoms with Crippen molar-refractivity contribution in [2.24, 2.45) is 0 Å². The minimum absolute atomic E-state index is 0.0269. The fourth-order valence-corrected chi connectivity index (χ4v) is 2.41. The van der Waals surface area contributed by atoms with E-state index in [1.807, 2.05) is 12.1 Å². The molecule has 3 rings (SSSR count). The molecule has 0 N–H and O–H groups in total. The van der Waals surface area contributed by atoms with Gasteiger partial charge in [-0.1, -0.05) is 0 Å². The number of methoxy groups -OCH3 is 2. The zero-order chi connectivity index (χ0) is 14.8. The van der Waals surface area contributed by atoms with E-state index in [4.69, 9.17) is 14.2 Å². The van der Waals surface area contributed by atoms with Crippen molar-refractivity contribution in [2.45, 2.75) is 12.5 Å². The summed E-state index contributed by atoms with van der Waals surface area (Å²) in [5.41, 5.74) is 1.46. The minimum atomic E-state index is -0.300. The zero-order valence-corrected chi connectivity index (χ0v) is 11.8. The fourth-order valence-electron chi connectivity index (χ4n) is 2.41. The normalized spacial score (nSPS) is 16.9. The number of aromatic nitrogens is 1. The molecule has 1 aromatic carbocycles. The summed E-state index contributed by atoms with van der Waals surface area (Å²) in [6.45, 7) is 0. The van der Waals surface area contributed by atoms with Gasteiger partial charge in [-0.05, 0) is 23.8 Å². The van der Waals surface area contributed by atoms with E-state index >= 15 is 0 Å². The summed E-state index contributed by atoms with van der Waals surface area (Å²) in [5, 5.41) is 0. The summed E-state index contributed by atoms with van der Waals surface area (Å²) in [4.78, 5) is 16.3. The lowest BCUT2D eigenvalue weighted by Crippen LogP contribution is -2.20. The lowest BCUT2D eigenvalue weighted by Gasteiger charge is -2.26. The van der Waals surface area contributed by atoms with Gasteiger partial charge in [-0.15, -0.1) is 0 Å². The number of pyridine rings is 1. The first-order chi connectivity index (χ1) is 10.2. The Morgan fingerprint density at radius 1 is 1.14 bits per heavy atom. The molecule has 0 aliphatic carbocycles. The van der Waals surface area contributed by atoms with Crippen molar-refractivity contribution >= 4 is 5.78 Å². The van der Waals surface area contributed by atoms with Crippen LogP contribution in [-0.4, -0.2) is 25.0 Å². The molecule has 2 aromatic rings. The van der Waals surface area contributed by atoms with E-state index in [0.29, 0.717) is 29.2 Å². The molecule has 2 heterocycles. The van der Waals surface area contributed by atoms with E-state index in [2.05, 4.69) is 4.98 Å². The Bertz CT molecular complexity index is 669. The van der Waals surface area contributed by atoms with Crippen LogP contribution in [-0.2, 0) is 0 Å². The number of hydrogen-bond acceptors (Lipinski definition) is 5. The maximum atomic E-state index is 12.3. The number of nitrogens with zero attached hydrogens (tertiary/aromatic N) is 1. The second-order valence-electron chi connectivity index (χ2n) is 4.72. The van der Waals surface area contributed by atoms with E-state index < -0.39 is 0 Å². The third-order valence-electron chi connectivity index (χ3n) is 3.50. The predicted molar refractivity (Wildman–Crippen MR) is 76.1 cm³/mol. The Kier molecular flexibility index (Phi) is 3.48. The van der Waals surface area contributed by atoms with Gasteiger partial charge < -0.3 is 14.2 Å². The molecule has 0 fully saturated rings. The molecular formula is C16H15NO4. The van der Waals surface area contributed by atoms with Crippen LogP contribution in [0.4, 0.5) is 0 Å². The lowest BCUT2D eigenvalue weighted by molar-refractivity contribution is 0.0848. The van der Waals surface area contributed by atoms with Gasteiger partial charge >= 0.3 is 0 Å². The average Bonchev–Trinajstić information content (AvgIpc) is 2.54. The van der Waals surface area contributed by atoms with E-state index in [1.54, 1.807) is 31.6 Å². The Morgan fingerprint density at radius 3 is 2.48 bits per heavy atom. The number of Topliss-reactive ketones (excluding diaryl/α,β-unsaturated/α-hetero) is 1. The van der Waals surface area contributed by atoms with Crippen molar-refractivity contribution in [1.82, 2.24) is 4.98 Å². The number of fused-ring (bicyclic) bond motifs is 1. The standard InChI is InChI=1S/C16H15NO4/c1-19-15-7-11-12(18)8-13(10-3-5-17-6-4-10)21-14(11)9-16(15)20-2/h3-7,9,13H,8H2,1-2H3. The van der Waals surface area contributed by atoms with Crippen LogP contribution in [0.15, 0.2) is 36.7 Å². The summed E-state index contributed by atoms with van der Waals surface area (Å²) >= 11 is 0. The Morgan fingerprint density at radius 2 is 1.81 bits per heavy atom. The molecule has 0 saturated heterocycles. The van der Waals surface area contributed by atoms with E-state index in [1.165, 1.54) is 7.11 Å². The van der Waals surface area contributed by atoms with Crippen molar-refractivity contribution in [3.8, 4) is 17.2 Å². The summed E-state index contributed by atoms with van der Waals surface area (Å²) in [7, 11) is 3.09. The van der Waals surface area contributed by atoms with Gasteiger partial charge in [0.15, 0.2) is 17.3 Å². The van der Waals surface area contributed by atoms with Crippen molar-refractivity contribution < 1.29 is 19.0 Å². The highest BCUT2D eigenvalue weighted by Gasteiger charge is 2.29. The van der Waals surface area contributed by atoms with Crippen LogP contribution in [0.25, 0.3) is 0 Å². The van der Waals surface area contributed by atoms with E-state index in [9.17, 15) is 4.79 Å². The molecule has 1 unspecified atom stereocenters. The number of benzene rings is 1. The maximum Gasteiger partial charge on any atom is 0.170 e. The first-order valence-electron chi connectivity index (χ1n) is 6.58. The molecule has 5 nitrogen and oxygen atoms in total. The van der Waals surface area contributed by atoms with Crippen molar-refractivity contribution in [3.05, 3.63) is 47.8 Å². The van der Waals surface area contributed by atoms with Crippen LogP contribution in [0.1, 0.15) is 28.4 Å².